The van der Waals surface area contributed by atoms with Crippen LogP contribution in [-0.4, -0.2) is 11.8 Å². The number of aryl methyl sites for hydroxylation is 3. The lowest BCUT2D eigenvalue weighted by Crippen LogP contribution is -2.32. The second kappa shape index (κ2) is 7.99. The van der Waals surface area contributed by atoms with Gasteiger partial charge in [-0.25, -0.2) is 4.90 Å². The van der Waals surface area contributed by atoms with Gasteiger partial charge in [0, 0.05) is 5.69 Å². The Morgan fingerprint density at radius 3 is 2.13 bits per heavy atom. The minimum absolute atomic E-state index is 0.300. The normalized spacial score (nSPS) is 13.9. The number of benzene rings is 3. The van der Waals surface area contributed by atoms with Crippen LogP contribution in [0, 0.1) is 13.8 Å². The van der Waals surface area contributed by atoms with Crippen LogP contribution in [0.5, 0.6) is 0 Å². The van der Waals surface area contributed by atoms with Crippen molar-refractivity contribution in [3.05, 3.63) is 101 Å². The van der Waals surface area contributed by atoms with Crippen molar-refractivity contribution in [2.24, 2.45) is 0 Å². The van der Waals surface area contributed by atoms with Crippen LogP contribution in [-0.2, 0) is 16.0 Å². The molecule has 0 unspecified atom stereocenters. The van der Waals surface area contributed by atoms with Crippen LogP contribution in [0.1, 0.15) is 29.2 Å². The summed E-state index contributed by atoms with van der Waals surface area (Å²) in [5.41, 5.74) is 6.09. The third-order valence-electron chi connectivity index (χ3n) is 5.31. The number of imide groups is 1. The average Bonchev–Trinajstić information content (AvgIpc) is 2.98. The van der Waals surface area contributed by atoms with E-state index in [1.54, 1.807) is 0 Å². The molecule has 4 heteroatoms. The fraction of sp³-hybridized carbons (Fsp3) is 0.154. The molecule has 4 rings (SSSR count). The first-order valence-corrected chi connectivity index (χ1v) is 10.1. The van der Waals surface area contributed by atoms with Gasteiger partial charge in [-0.3, -0.25) is 9.59 Å². The van der Waals surface area contributed by atoms with Gasteiger partial charge in [0.2, 0.25) is 0 Å². The Morgan fingerprint density at radius 2 is 1.50 bits per heavy atom. The maximum atomic E-state index is 13.4. The average molecular weight is 396 g/mol. The number of hydrogen-bond acceptors (Lipinski definition) is 3. The van der Waals surface area contributed by atoms with Gasteiger partial charge in [-0.2, -0.15) is 0 Å². The smallest absolute Gasteiger partial charge is 0.282 e. The summed E-state index contributed by atoms with van der Waals surface area (Å²) in [5.74, 6) is -0.662. The van der Waals surface area contributed by atoms with Crippen molar-refractivity contribution < 1.29 is 9.59 Å². The van der Waals surface area contributed by atoms with E-state index in [0.717, 1.165) is 34.4 Å². The molecule has 0 aliphatic carbocycles. The summed E-state index contributed by atoms with van der Waals surface area (Å²) in [6.45, 7) is 6.05. The van der Waals surface area contributed by atoms with E-state index in [-0.39, 0.29) is 11.8 Å². The number of rotatable bonds is 5. The molecule has 1 heterocycles. The van der Waals surface area contributed by atoms with Gasteiger partial charge in [-0.05, 0) is 61.2 Å². The Labute approximate surface area is 176 Å². The van der Waals surface area contributed by atoms with Crippen molar-refractivity contribution in [1.82, 2.24) is 0 Å². The molecule has 150 valence electrons. The number of carbonyl (C=O) groups excluding carboxylic acids is 2. The first kappa shape index (κ1) is 19.6. The molecule has 3 aromatic carbocycles. The minimum atomic E-state index is -0.346. The van der Waals surface area contributed by atoms with E-state index in [2.05, 4.69) is 12.2 Å². The second-order valence-electron chi connectivity index (χ2n) is 7.58. The highest BCUT2D eigenvalue weighted by molar-refractivity contribution is 6.46. The number of amides is 2. The van der Waals surface area contributed by atoms with Crippen molar-refractivity contribution in [2.45, 2.75) is 27.2 Å². The molecule has 0 aromatic heterocycles. The van der Waals surface area contributed by atoms with Crippen molar-refractivity contribution >= 4 is 28.8 Å². The summed E-state index contributed by atoms with van der Waals surface area (Å²) in [7, 11) is 0. The molecule has 0 atom stereocenters. The van der Waals surface area contributed by atoms with Crippen LogP contribution < -0.4 is 10.2 Å². The molecule has 0 radical (unpaired) electrons. The summed E-state index contributed by atoms with van der Waals surface area (Å²) < 4.78 is 0. The molecule has 0 bridgehead atoms. The zero-order valence-corrected chi connectivity index (χ0v) is 17.4. The van der Waals surface area contributed by atoms with Crippen LogP contribution in [0.2, 0.25) is 0 Å². The molecular weight excluding hydrogens is 372 g/mol. The molecular formula is C26H24N2O2. The number of carbonyl (C=O) groups is 2. The van der Waals surface area contributed by atoms with Gasteiger partial charge in [0.15, 0.2) is 0 Å². The molecule has 0 saturated heterocycles. The molecule has 0 saturated carbocycles. The van der Waals surface area contributed by atoms with Gasteiger partial charge in [-0.15, -0.1) is 0 Å². The highest BCUT2D eigenvalue weighted by atomic mass is 16.2. The van der Waals surface area contributed by atoms with Gasteiger partial charge < -0.3 is 5.32 Å². The van der Waals surface area contributed by atoms with Crippen LogP contribution in [0.25, 0.3) is 5.57 Å². The van der Waals surface area contributed by atoms with Crippen LogP contribution in [0.15, 0.2) is 78.5 Å². The van der Waals surface area contributed by atoms with Crippen LogP contribution in [0.4, 0.5) is 11.4 Å². The number of hydrogen-bond donors (Lipinski definition) is 1. The lowest BCUT2D eigenvalue weighted by molar-refractivity contribution is -0.120. The van der Waals surface area contributed by atoms with Crippen molar-refractivity contribution in [1.29, 1.82) is 0 Å². The fourth-order valence-corrected chi connectivity index (χ4v) is 3.62. The van der Waals surface area contributed by atoms with Crippen molar-refractivity contribution in [2.75, 3.05) is 10.2 Å². The SMILES string of the molecule is CCc1ccc(N2C(=O)C(Nc3cccc(C)c3)=C(c3ccc(C)cc3)C2=O)cc1. The van der Waals surface area contributed by atoms with Crippen LogP contribution >= 0.6 is 0 Å². The molecule has 0 spiro atoms. The zero-order chi connectivity index (χ0) is 21.3. The molecule has 1 aliphatic rings. The topological polar surface area (TPSA) is 49.4 Å². The Bertz CT molecular complexity index is 1140. The van der Waals surface area contributed by atoms with Gasteiger partial charge in [0.05, 0.1) is 11.3 Å². The Balaban J connectivity index is 1.80. The standard InChI is InChI=1S/C26H24N2O2/c1-4-19-10-14-22(15-11-19)28-25(29)23(20-12-8-17(2)9-13-20)24(26(28)30)27-21-7-5-6-18(3)16-21/h5-16,27H,4H2,1-3H3. The molecule has 3 aromatic rings. The lowest BCUT2D eigenvalue weighted by Gasteiger charge is -2.16. The van der Waals surface area contributed by atoms with Crippen LogP contribution in [0.3, 0.4) is 0 Å². The van der Waals surface area contributed by atoms with Gasteiger partial charge >= 0.3 is 0 Å². The molecule has 4 nitrogen and oxygen atoms in total. The van der Waals surface area contributed by atoms with Crippen molar-refractivity contribution in [3.63, 3.8) is 0 Å². The van der Waals surface area contributed by atoms with Crippen molar-refractivity contribution in [3.8, 4) is 0 Å². The Kier molecular flexibility index (Phi) is 5.23. The number of nitrogens with zero attached hydrogens (tertiary/aromatic N) is 1. The van der Waals surface area contributed by atoms with E-state index in [9.17, 15) is 9.59 Å². The van der Waals surface area contributed by atoms with Gasteiger partial charge in [-0.1, -0.05) is 61.0 Å². The quantitative estimate of drug-likeness (QED) is 0.598. The van der Waals surface area contributed by atoms with E-state index in [0.29, 0.717) is 17.0 Å². The van der Waals surface area contributed by atoms with Gasteiger partial charge in [0.1, 0.15) is 5.70 Å². The van der Waals surface area contributed by atoms with Gasteiger partial charge in [0.25, 0.3) is 11.8 Å². The molecule has 1 N–H and O–H groups in total. The van der Waals surface area contributed by atoms with E-state index < -0.39 is 0 Å². The number of anilines is 2. The highest BCUT2D eigenvalue weighted by Gasteiger charge is 2.40. The molecule has 2 amide bonds. The monoisotopic (exact) mass is 396 g/mol. The highest BCUT2D eigenvalue weighted by Crippen LogP contribution is 2.34. The lowest BCUT2D eigenvalue weighted by atomic mass is 10.0. The molecule has 1 aliphatic heterocycles. The summed E-state index contributed by atoms with van der Waals surface area (Å²) in [6.07, 6.45) is 0.898. The van der Waals surface area contributed by atoms with E-state index in [4.69, 9.17) is 0 Å². The summed E-state index contributed by atoms with van der Waals surface area (Å²) in [4.78, 5) is 28.1. The zero-order valence-electron chi connectivity index (χ0n) is 17.4. The predicted octanol–water partition coefficient (Wildman–Crippen LogP) is 5.26. The van der Waals surface area contributed by atoms with E-state index in [1.807, 2.05) is 86.6 Å². The van der Waals surface area contributed by atoms with E-state index >= 15 is 0 Å². The molecule has 30 heavy (non-hydrogen) atoms. The first-order chi connectivity index (χ1) is 14.5. The Morgan fingerprint density at radius 1 is 0.800 bits per heavy atom. The third-order valence-corrected chi connectivity index (χ3v) is 5.31. The number of nitrogens with one attached hydrogen (secondary N) is 1. The second-order valence-corrected chi connectivity index (χ2v) is 7.58. The maximum Gasteiger partial charge on any atom is 0.282 e. The maximum absolute atomic E-state index is 13.4. The Hall–Kier alpha value is -3.66. The summed E-state index contributed by atoms with van der Waals surface area (Å²) in [5, 5.41) is 3.21. The minimum Gasteiger partial charge on any atom is -0.350 e. The fourth-order valence-electron chi connectivity index (χ4n) is 3.62. The molecule has 0 fully saturated rings. The largest absolute Gasteiger partial charge is 0.350 e. The third kappa shape index (κ3) is 3.64. The van der Waals surface area contributed by atoms with E-state index in [1.165, 1.54) is 4.90 Å². The predicted molar refractivity (Wildman–Crippen MR) is 121 cm³/mol. The summed E-state index contributed by atoms with van der Waals surface area (Å²) in [6, 6.07) is 23.0. The first-order valence-electron chi connectivity index (χ1n) is 10.1. The summed E-state index contributed by atoms with van der Waals surface area (Å²) >= 11 is 0.